The molecular formula is C21H24N2O. The van der Waals surface area contributed by atoms with Crippen LogP contribution in [0.15, 0.2) is 60.7 Å². The monoisotopic (exact) mass is 320 g/mol. The molecule has 0 atom stereocenters. The first kappa shape index (κ1) is 16.5. The van der Waals surface area contributed by atoms with Crippen molar-refractivity contribution in [3.8, 4) is 0 Å². The Morgan fingerprint density at radius 3 is 2.33 bits per heavy atom. The molecule has 24 heavy (non-hydrogen) atoms. The second-order valence-corrected chi connectivity index (χ2v) is 6.27. The summed E-state index contributed by atoms with van der Waals surface area (Å²) >= 11 is 0. The van der Waals surface area contributed by atoms with Crippen molar-refractivity contribution in [1.29, 1.82) is 0 Å². The molecule has 1 aliphatic heterocycles. The molecule has 2 aromatic rings. The molecule has 1 aliphatic rings. The van der Waals surface area contributed by atoms with Crippen LogP contribution in [0.2, 0.25) is 0 Å². The summed E-state index contributed by atoms with van der Waals surface area (Å²) in [6.45, 7) is 6.57. The number of carbonyl (C=O) groups excluding carboxylic acids is 1. The molecule has 0 aliphatic carbocycles. The molecule has 0 spiro atoms. The minimum Gasteiger partial charge on any atom is -0.337 e. The number of rotatable bonds is 4. The molecule has 1 fully saturated rings. The second kappa shape index (κ2) is 7.93. The number of nitrogens with zero attached hydrogens (tertiary/aromatic N) is 2. The summed E-state index contributed by atoms with van der Waals surface area (Å²) in [7, 11) is 0. The van der Waals surface area contributed by atoms with Gasteiger partial charge in [0.15, 0.2) is 0 Å². The average Bonchev–Trinajstić information content (AvgIpc) is 2.63. The molecule has 1 heterocycles. The Bertz CT molecular complexity index is 701. The van der Waals surface area contributed by atoms with Crippen LogP contribution >= 0.6 is 0 Å². The zero-order valence-corrected chi connectivity index (χ0v) is 14.2. The molecule has 0 bridgehead atoms. The molecule has 0 N–H and O–H groups in total. The van der Waals surface area contributed by atoms with Crippen LogP contribution in [0.5, 0.6) is 0 Å². The predicted octanol–water partition coefficient (Wildman–Crippen LogP) is 3.35. The lowest BCUT2D eigenvalue weighted by molar-refractivity contribution is -0.127. The van der Waals surface area contributed by atoms with Crippen molar-refractivity contribution < 1.29 is 4.79 Å². The van der Waals surface area contributed by atoms with Crippen LogP contribution in [0.25, 0.3) is 6.08 Å². The van der Waals surface area contributed by atoms with Crippen molar-refractivity contribution >= 4 is 12.0 Å². The summed E-state index contributed by atoms with van der Waals surface area (Å²) in [5, 5.41) is 0. The minimum atomic E-state index is 0.106. The van der Waals surface area contributed by atoms with E-state index >= 15 is 0 Å². The molecule has 0 saturated carbocycles. The van der Waals surface area contributed by atoms with Gasteiger partial charge in [-0.25, -0.2) is 0 Å². The van der Waals surface area contributed by atoms with Gasteiger partial charge < -0.3 is 4.90 Å². The Balaban J connectivity index is 1.50. The van der Waals surface area contributed by atoms with E-state index in [1.54, 1.807) is 6.08 Å². The van der Waals surface area contributed by atoms with Crippen LogP contribution in [0.1, 0.15) is 16.7 Å². The van der Waals surface area contributed by atoms with E-state index in [2.05, 4.69) is 36.1 Å². The minimum absolute atomic E-state index is 0.106. The highest BCUT2D eigenvalue weighted by Gasteiger charge is 2.19. The van der Waals surface area contributed by atoms with Crippen LogP contribution in [-0.2, 0) is 11.3 Å². The number of hydrogen-bond acceptors (Lipinski definition) is 2. The van der Waals surface area contributed by atoms with E-state index in [0.717, 1.165) is 38.3 Å². The van der Waals surface area contributed by atoms with E-state index in [1.165, 1.54) is 11.1 Å². The Hall–Kier alpha value is -2.39. The number of amides is 1. The maximum absolute atomic E-state index is 12.3. The van der Waals surface area contributed by atoms with Gasteiger partial charge >= 0.3 is 0 Å². The summed E-state index contributed by atoms with van der Waals surface area (Å²) < 4.78 is 0. The van der Waals surface area contributed by atoms with Crippen molar-refractivity contribution in [2.24, 2.45) is 0 Å². The number of hydrogen-bond donors (Lipinski definition) is 0. The maximum atomic E-state index is 12.3. The van der Waals surface area contributed by atoms with Crippen molar-refractivity contribution in [1.82, 2.24) is 9.80 Å². The molecule has 3 rings (SSSR count). The summed E-state index contributed by atoms with van der Waals surface area (Å²) in [6, 6.07) is 18.5. The fourth-order valence-electron chi connectivity index (χ4n) is 2.99. The first-order valence-corrected chi connectivity index (χ1v) is 8.51. The quantitative estimate of drug-likeness (QED) is 0.807. The maximum Gasteiger partial charge on any atom is 0.246 e. The summed E-state index contributed by atoms with van der Waals surface area (Å²) in [5.74, 6) is 0.106. The van der Waals surface area contributed by atoms with Crippen LogP contribution in [0, 0.1) is 6.92 Å². The topological polar surface area (TPSA) is 23.6 Å². The zero-order valence-electron chi connectivity index (χ0n) is 14.2. The standard InChI is InChI=1S/C21H24N2O/c1-18-7-5-6-10-20(18)17-22-13-15-23(16-14-22)21(24)12-11-19-8-3-2-4-9-19/h2-12H,13-17H2,1H3. The second-order valence-electron chi connectivity index (χ2n) is 6.27. The van der Waals surface area contributed by atoms with Crippen molar-refractivity contribution in [2.75, 3.05) is 26.2 Å². The van der Waals surface area contributed by atoms with Gasteiger partial charge in [0.2, 0.25) is 5.91 Å². The molecule has 1 saturated heterocycles. The third-order valence-corrected chi connectivity index (χ3v) is 4.56. The molecule has 3 heteroatoms. The summed E-state index contributed by atoms with van der Waals surface area (Å²) in [5.41, 5.74) is 3.77. The highest BCUT2D eigenvalue weighted by atomic mass is 16.2. The zero-order chi connectivity index (χ0) is 16.8. The van der Waals surface area contributed by atoms with E-state index in [0.29, 0.717) is 0 Å². The van der Waals surface area contributed by atoms with Gasteiger partial charge in [-0.05, 0) is 29.7 Å². The Morgan fingerprint density at radius 1 is 0.958 bits per heavy atom. The van der Waals surface area contributed by atoms with Gasteiger partial charge in [0.1, 0.15) is 0 Å². The lowest BCUT2D eigenvalue weighted by atomic mass is 10.1. The van der Waals surface area contributed by atoms with Gasteiger partial charge in [0.25, 0.3) is 0 Å². The largest absolute Gasteiger partial charge is 0.337 e. The van der Waals surface area contributed by atoms with Crippen LogP contribution in [-0.4, -0.2) is 41.9 Å². The van der Waals surface area contributed by atoms with Gasteiger partial charge in [-0.2, -0.15) is 0 Å². The fourth-order valence-corrected chi connectivity index (χ4v) is 2.99. The molecular weight excluding hydrogens is 296 g/mol. The van der Waals surface area contributed by atoms with Gasteiger partial charge in [0, 0.05) is 38.8 Å². The lowest BCUT2D eigenvalue weighted by Crippen LogP contribution is -2.47. The number of aryl methyl sites for hydroxylation is 1. The number of piperazine rings is 1. The molecule has 2 aromatic carbocycles. The van der Waals surface area contributed by atoms with Crippen LogP contribution in [0.3, 0.4) is 0 Å². The van der Waals surface area contributed by atoms with Crippen molar-refractivity contribution in [3.05, 3.63) is 77.4 Å². The first-order valence-electron chi connectivity index (χ1n) is 8.51. The van der Waals surface area contributed by atoms with E-state index in [4.69, 9.17) is 0 Å². The number of carbonyl (C=O) groups is 1. The molecule has 0 unspecified atom stereocenters. The lowest BCUT2D eigenvalue weighted by Gasteiger charge is -2.34. The van der Waals surface area contributed by atoms with Crippen LogP contribution < -0.4 is 0 Å². The van der Waals surface area contributed by atoms with Gasteiger partial charge in [-0.1, -0.05) is 54.6 Å². The van der Waals surface area contributed by atoms with E-state index in [-0.39, 0.29) is 5.91 Å². The fraction of sp³-hybridized carbons (Fsp3) is 0.286. The van der Waals surface area contributed by atoms with Crippen LogP contribution in [0.4, 0.5) is 0 Å². The molecule has 1 amide bonds. The SMILES string of the molecule is Cc1ccccc1CN1CCN(C(=O)C=Cc2ccccc2)CC1. The van der Waals surface area contributed by atoms with E-state index in [9.17, 15) is 4.79 Å². The summed E-state index contributed by atoms with van der Waals surface area (Å²) in [6.07, 6.45) is 3.58. The molecule has 3 nitrogen and oxygen atoms in total. The van der Waals surface area contributed by atoms with E-state index in [1.807, 2.05) is 41.3 Å². The smallest absolute Gasteiger partial charge is 0.246 e. The highest BCUT2D eigenvalue weighted by Crippen LogP contribution is 2.13. The average molecular weight is 320 g/mol. The highest BCUT2D eigenvalue weighted by molar-refractivity contribution is 5.91. The Morgan fingerprint density at radius 2 is 1.62 bits per heavy atom. The van der Waals surface area contributed by atoms with E-state index < -0.39 is 0 Å². The summed E-state index contributed by atoms with van der Waals surface area (Å²) in [4.78, 5) is 16.7. The normalized spacial score (nSPS) is 15.8. The van der Waals surface area contributed by atoms with Gasteiger partial charge in [-0.15, -0.1) is 0 Å². The van der Waals surface area contributed by atoms with Gasteiger partial charge in [0.05, 0.1) is 0 Å². The number of benzene rings is 2. The third kappa shape index (κ3) is 4.33. The Kier molecular flexibility index (Phi) is 5.44. The molecule has 124 valence electrons. The van der Waals surface area contributed by atoms with Gasteiger partial charge in [-0.3, -0.25) is 9.69 Å². The predicted molar refractivity (Wildman–Crippen MR) is 98.5 cm³/mol. The molecule has 0 radical (unpaired) electrons. The van der Waals surface area contributed by atoms with Crippen molar-refractivity contribution in [2.45, 2.75) is 13.5 Å². The third-order valence-electron chi connectivity index (χ3n) is 4.56. The Labute approximate surface area is 144 Å². The molecule has 0 aromatic heterocycles. The first-order chi connectivity index (χ1) is 11.7. The van der Waals surface area contributed by atoms with Crippen molar-refractivity contribution in [3.63, 3.8) is 0 Å².